The largest absolute Gasteiger partial charge is 0.353 e. The summed E-state index contributed by atoms with van der Waals surface area (Å²) in [5.74, 6) is 1.48. The van der Waals surface area contributed by atoms with Crippen molar-refractivity contribution in [1.82, 2.24) is 0 Å². The molecule has 0 fully saturated rings. The smallest absolute Gasteiger partial charge is 0.353 e. The van der Waals surface area contributed by atoms with Crippen molar-refractivity contribution in [3.05, 3.63) is 11.9 Å². The fourth-order valence-corrected chi connectivity index (χ4v) is 2.69. The topological polar surface area (TPSA) is 54.0 Å². The van der Waals surface area contributed by atoms with Crippen LogP contribution in [0.25, 0.3) is 0 Å². The van der Waals surface area contributed by atoms with Crippen molar-refractivity contribution in [1.29, 1.82) is 0 Å². The van der Waals surface area contributed by atoms with Crippen LogP contribution in [0.3, 0.4) is 0 Å². The van der Waals surface area contributed by atoms with Gasteiger partial charge in [0.2, 0.25) is 0 Å². The average Bonchev–Trinajstić information content (AvgIpc) is 2.30. The minimum absolute atomic E-state index is 0.312. The van der Waals surface area contributed by atoms with Gasteiger partial charge in [-0.15, -0.1) is 0 Å². The van der Waals surface area contributed by atoms with E-state index in [2.05, 4.69) is 0 Å². The van der Waals surface area contributed by atoms with Gasteiger partial charge in [-0.05, 0) is 27.7 Å². The fraction of sp³-hybridized carbons (Fsp3) is 0.833. The molecule has 0 heterocycles. The molecule has 108 valence electrons. The Labute approximate surface area is 110 Å². The fourth-order valence-electron chi connectivity index (χ4n) is 1.34. The first-order valence-corrected chi connectivity index (χ1v) is 8.02. The molecule has 18 heavy (non-hydrogen) atoms. The van der Waals surface area contributed by atoms with Crippen LogP contribution >= 0.6 is 7.60 Å². The van der Waals surface area contributed by atoms with Crippen molar-refractivity contribution in [2.75, 3.05) is 26.4 Å². The molecule has 0 N–H and O–H groups in total. The lowest BCUT2D eigenvalue weighted by molar-refractivity contribution is -0.133. The van der Waals surface area contributed by atoms with E-state index in [-0.39, 0.29) is 6.29 Å². The number of hydrogen-bond donors (Lipinski definition) is 0. The van der Waals surface area contributed by atoms with Gasteiger partial charge in [-0.1, -0.05) is 6.08 Å². The minimum Gasteiger partial charge on any atom is -0.353 e. The molecule has 0 rings (SSSR count). The van der Waals surface area contributed by atoms with E-state index in [4.69, 9.17) is 18.5 Å². The summed E-state index contributed by atoms with van der Waals surface area (Å²) in [5, 5.41) is 0. The van der Waals surface area contributed by atoms with Crippen LogP contribution in [0.5, 0.6) is 0 Å². The van der Waals surface area contributed by atoms with Crippen LogP contribution in [-0.2, 0) is 23.1 Å². The zero-order valence-electron chi connectivity index (χ0n) is 11.8. The second kappa shape index (κ2) is 10.7. The van der Waals surface area contributed by atoms with Gasteiger partial charge in [0.25, 0.3) is 0 Å². The van der Waals surface area contributed by atoms with Crippen molar-refractivity contribution >= 4 is 7.60 Å². The van der Waals surface area contributed by atoms with E-state index in [1.54, 1.807) is 19.9 Å². The molecule has 0 amide bonds. The van der Waals surface area contributed by atoms with Crippen LogP contribution in [-0.4, -0.2) is 32.7 Å². The van der Waals surface area contributed by atoms with Crippen molar-refractivity contribution in [3.8, 4) is 0 Å². The quantitative estimate of drug-likeness (QED) is 0.428. The van der Waals surface area contributed by atoms with E-state index < -0.39 is 7.60 Å². The SMILES string of the molecule is CCOC(C/C=C/P(=O)(OCC)OCC)OCC. The van der Waals surface area contributed by atoms with E-state index >= 15 is 0 Å². The molecule has 0 aromatic carbocycles. The summed E-state index contributed by atoms with van der Waals surface area (Å²) in [6.07, 6.45) is 1.93. The van der Waals surface area contributed by atoms with Gasteiger partial charge >= 0.3 is 7.60 Å². The summed E-state index contributed by atoms with van der Waals surface area (Å²) in [7, 11) is -3.11. The van der Waals surface area contributed by atoms with E-state index in [1.165, 1.54) is 5.82 Å². The molecule has 0 atom stereocenters. The summed E-state index contributed by atoms with van der Waals surface area (Å²) in [4.78, 5) is 0. The monoisotopic (exact) mass is 280 g/mol. The van der Waals surface area contributed by atoms with Crippen LogP contribution in [0.15, 0.2) is 11.9 Å². The highest BCUT2D eigenvalue weighted by molar-refractivity contribution is 7.57. The Morgan fingerprint density at radius 1 is 0.944 bits per heavy atom. The third-order valence-corrected chi connectivity index (χ3v) is 3.75. The summed E-state index contributed by atoms with van der Waals surface area (Å²) in [6.45, 7) is 9.22. The zero-order valence-corrected chi connectivity index (χ0v) is 12.7. The highest BCUT2D eigenvalue weighted by Crippen LogP contribution is 2.49. The first-order valence-electron chi connectivity index (χ1n) is 6.41. The van der Waals surface area contributed by atoms with E-state index in [1.807, 2.05) is 13.8 Å². The first-order chi connectivity index (χ1) is 8.61. The van der Waals surface area contributed by atoms with Crippen LogP contribution in [0.4, 0.5) is 0 Å². The van der Waals surface area contributed by atoms with Gasteiger partial charge < -0.3 is 18.5 Å². The first kappa shape index (κ1) is 17.8. The van der Waals surface area contributed by atoms with Gasteiger partial charge in [0.15, 0.2) is 6.29 Å². The maximum atomic E-state index is 12.1. The minimum atomic E-state index is -3.11. The average molecular weight is 280 g/mol. The van der Waals surface area contributed by atoms with Crippen molar-refractivity contribution < 1.29 is 23.1 Å². The Bertz CT molecular complexity index is 251. The Morgan fingerprint density at radius 3 is 1.83 bits per heavy atom. The lowest BCUT2D eigenvalue weighted by atomic mass is 10.4. The molecule has 0 aliphatic rings. The van der Waals surface area contributed by atoms with Crippen LogP contribution in [0.1, 0.15) is 34.1 Å². The van der Waals surface area contributed by atoms with Crippen LogP contribution in [0.2, 0.25) is 0 Å². The van der Waals surface area contributed by atoms with Gasteiger partial charge in [-0.3, -0.25) is 4.57 Å². The number of ether oxygens (including phenoxy) is 2. The molecular formula is C12H25O5P. The molecule has 0 aliphatic heterocycles. The Hall–Kier alpha value is -0.190. The van der Waals surface area contributed by atoms with Crippen molar-refractivity contribution in [2.45, 2.75) is 40.4 Å². The van der Waals surface area contributed by atoms with Crippen molar-refractivity contribution in [3.63, 3.8) is 0 Å². The van der Waals surface area contributed by atoms with E-state index in [0.29, 0.717) is 32.8 Å². The molecule has 0 unspecified atom stereocenters. The summed E-state index contributed by atoms with van der Waals surface area (Å²) in [5.41, 5.74) is 0. The predicted molar refractivity (Wildman–Crippen MR) is 71.7 cm³/mol. The van der Waals surface area contributed by atoms with Gasteiger partial charge in [-0.2, -0.15) is 0 Å². The van der Waals surface area contributed by atoms with E-state index in [0.717, 1.165) is 0 Å². The van der Waals surface area contributed by atoms with Gasteiger partial charge in [0.05, 0.1) is 13.2 Å². The van der Waals surface area contributed by atoms with Crippen LogP contribution < -0.4 is 0 Å². The van der Waals surface area contributed by atoms with Gasteiger partial charge in [-0.25, -0.2) is 0 Å². The lowest BCUT2D eigenvalue weighted by Gasteiger charge is -2.16. The Kier molecular flexibility index (Phi) is 10.6. The molecule has 0 saturated carbocycles. The van der Waals surface area contributed by atoms with Gasteiger partial charge in [0.1, 0.15) is 0 Å². The second-order valence-electron chi connectivity index (χ2n) is 3.34. The molecule has 0 radical (unpaired) electrons. The van der Waals surface area contributed by atoms with Crippen LogP contribution in [0, 0.1) is 0 Å². The number of rotatable bonds is 11. The molecule has 0 aromatic rings. The Balaban J connectivity index is 4.34. The highest BCUT2D eigenvalue weighted by atomic mass is 31.2. The molecule has 5 nitrogen and oxygen atoms in total. The van der Waals surface area contributed by atoms with E-state index in [9.17, 15) is 4.57 Å². The third kappa shape index (κ3) is 8.01. The highest BCUT2D eigenvalue weighted by Gasteiger charge is 2.19. The number of hydrogen-bond acceptors (Lipinski definition) is 5. The second-order valence-corrected chi connectivity index (χ2v) is 5.23. The third-order valence-electron chi connectivity index (χ3n) is 1.94. The zero-order chi connectivity index (χ0) is 13.9. The maximum absolute atomic E-state index is 12.1. The van der Waals surface area contributed by atoms with Gasteiger partial charge in [0, 0.05) is 25.5 Å². The summed E-state index contributed by atoms with van der Waals surface area (Å²) in [6, 6.07) is 0. The molecule has 0 bridgehead atoms. The molecule has 0 saturated heterocycles. The molecule has 0 spiro atoms. The van der Waals surface area contributed by atoms with Crippen molar-refractivity contribution in [2.24, 2.45) is 0 Å². The predicted octanol–water partition coefficient (Wildman–Crippen LogP) is 3.56. The summed E-state index contributed by atoms with van der Waals surface area (Å²) < 4.78 is 33.1. The standard InChI is InChI=1S/C12H25O5P/c1-5-14-12(15-6-2)10-9-11-18(13,16-7-3)17-8-4/h9,11-12H,5-8,10H2,1-4H3/b11-9+. The molecule has 0 aliphatic carbocycles. The molecule has 6 heteroatoms. The molecule has 0 aromatic heterocycles. The maximum Gasteiger partial charge on any atom is 0.353 e. The normalized spacial score (nSPS) is 12.7. The summed E-state index contributed by atoms with van der Waals surface area (Å²) >= 11 is 0. The lowest BCUT2D eigenvalue weighted by Crippen LogP contribution is -2.16. The molecular weight excluding hydrogens is 255 g/mol. The Morgan fingerprint density at radius 2 is 1.44 bits per heavy atom.